The maximum Gasteiger partial charge on any atom is 0.326 e. The SMILES string of the molecule is Cc1cc(Cl)c(C(=O)N2CCCC[C@@H]2C(=O)O)cn1. The topological polar surface area (TPSA) is 70.5 Å². The maximum absolute atomic E-state index is 12.4. The average Bonchev–Trinajstić information content (AvgIpc) is 2.38. The number of hydrogen-bond donors (Lipinski definition) is 1. The summed E-state index contributed by atoms with van der Waals surface area (Å²) in [7, 11) is 0. The molecule has 2 rings (SSSR count). The largest absolute Gasteiger partial charge is 0.480 e. The zero-order chi connectivity index (χ0) is 14.0. The second kappa shape index (κ2) is 5.57. The number of piperidine rings is 1. The third-order valence-corrected chi connectivity index (χ3v) is 3.58. The van der Waals surface area contributed by atoms with E-state index in [-0.39, 0.29) is 11.5 Å². The Morgan fingerprint density at radius 1 is 1.47 bits per heavy atom. The average molecular weight is 283 g/mol. The maximum atomic E-state index is 12.4. The van der Waals surface area contributed by atoms with Gasteiger partial charge in [0.05, 0.1) is 10.6 Å². The number of aryl methyl sites for hydroxylation is 1. The molecule has 19 heavy (non-hydrogen) atoms. The summed E-state index contributed by atoms with van der Waals surface area (Å²) >= 11 is 6.04. The molecule has 1 aliphatic heterocycles. The van der Waals surface area contributed by atoms with Crippen LogP contribution in [-0.4, -0.2) is 39.5 Å². The number of amides is 1. The van der Waals surface area contributed by atoms with Gasteiger partial charge < -0.3 is 10.0 Å². The molecule has 0 spiro atoms. The number of aromatic nitrogens is 1. The van der Waals surface area contributed by atoms with Crippen molar-refractivity contribution in [1.29, 1.82) is 0 Å². The molecule has 1 aliphatic rings. The highest BCUT2D eigenvalue weighted by molar-refractivity contribution is 6.33. The summed E-state index contributed by atoms with van der Waals surface area (Å²) in [6, 6.07) is 0.840. The Hall–Kier alpha value is -1.62. The Labute approximate surface area is 116 Å². The fraction of sp³-hybridized carbons (Fsp3) is 0.462. The molecule has 0 bridgehead atoms. The molecule has 1 saturated heterocycles. The van der Waals surface area contributed by atoms with Gasteiger partial charge in [-0.05, 0) is 32.3 Å². The molecule has 1 fully saturated rings. The first-order chi connectivity index (χ1) is 9.00. The number of pyridine rings is 1. The van der Waals surface area contributed by atoms with Gasteiger partial charge in [-0.1, -0.05) is 11.6 Å². The first-order valence-corrected chi connectivity index (χ1v) is 6.54. The lowest BCUT2D eigenvalue weighted by Crippen LogP contribution is -2.48. The van der Waals surface area contributed by atoms with Crippen LogP contribution in [0.25, 0.3) is 0 Å². The van der Waals surface area contributed by atoms with Gasteiger partial charge in [-0.25, -0.2) is 4.79 Å². The lowest BCUT2D eigenvalue weighted by molar-refractivity contribution is -0.143. The van der Waals surface area contributed by atoms with Crippen molar-refractivity contribution in [3.8, 4) is 0 Å². The number of hydrogen-bond acceptors (Lipinski definition) is 3. The van der Waals surface area contributed by atoms with Crippen molar-refractivity contribution in [1.82, 2.24) is 9.88 Å². The molecule has 0 unspecified atom stereocenters. The van der Waals surface area contributed by atoms with E-state index in [0.717, 1.165) is 18.5 Å². The number of carboxylic acid groups (broad SMARTS) is 1. The summed E-state index contributed by atoms with van der Waals surface area (Å²) in [5.74, 6) is -1.33. The van der Waals surface area contributed by atoms with Gasteiger partial charge in [0.15, 0.2) is 0 Å². The van der Waals surface area contributed by atoms with E-state index in [2.05, 4.69) is 4.98 Å². The molecule has 6 heteroatoms. The van der Waals surface area contributed by atoms with Crippen molar-refractivity contribution >= 4 is 23.5 Å². The first kappa shape index (κ1) is 13.8. The third-order valence-electron chi connectivity index (χ3n) is 3.27. The summed E-state index contributed by atoms with van der Waals surface area (Å²) < 4.78 is 0. The molecule has 1 N–H and O–H groups in total. The van der Waals surface area contributed by atoms with Crippen LogP contribution in [0, 0.1) is 6.92 Å². The van der Waals surface area contributed by atoms with Gasteiger partial charge in [0, 0.05) is 18.4 Å². The molecular weight excluding hydrogens is 268 g/mol. The number of aliphatic carboxylic acids is 1. The fourth-order valence-corrected chi connectivity index (χ4v) is 2.56. The van der Waals surface area contributed by atoms with Crippen LogP contribution in [0.2, 0.25) is 5.02 Å². The standard InChI is InChI=1S/C13H15ClN2O3/c1-8-6-10(14)9(7-15-8)12(17)16-5-3-2-4-11(16)13(18)19/h6-7,11H,2-5H2,1H3,(H,18,19)/t11-/m1/s1. The smallest absolute Gasteiger partial charge is 0.326 e. The molecule has 1 aromatic rings. The Morgan fingerprint density at radius 2 is 2.21 bits per heavy atom. The highest BCUT2D eigenvalue weighted by Crippen LogP contribution is 2.23. The number of likely N-dealkylation sites (tertiary alicyclic amines) is 1. The molecule has 1 amide bonds. The third kappa shape index (κ3) is 2.87. The van der Waals surface area contributed by atoms with Crippen molar-refractivity contribution in [2.24, 2.45) is 0 Å². The Kier molecular flexibility index (Phi) is 4.04. The van der Waals surface area contributed by atoms with Gasteiger partial charge in [0.1, 0.15) is 6.04 Å². The molecule has 0 radical (unpaired) electrons. The van der Waals surface area contributed by atoms with Gasteiger partial charge >= 0.3 is 5.97 Å². The minimum absolute atomic E-state index is 0.264. The van der Waals surface area contributed by atoms with Crippen LogP contribution in [0.15, 0.2) is 12.3 Å². The highest BCUT2D eigenvalue weighted by atomic mass is 35.5. The number of carboxylic acids is 1. The molecule has 2 heterocycles. The van der Waals surface area contributed by atoms with Crippen molar-refractivity contribution in [2.75, 3.05) is 6.54 Å². The van der Waals surface area contributed by atoms with E-state index in [1.54, 1.807) is 13.0 Å². The summed E-state index contributed by atoms with van der Waals surface area (Å²) in [6.07, 6.45) is 3.53. The van der Waals surface area contributed by atoms with Crippen LogP contribution in [-0.2, 0) is 4.79 Å². The number of carbonyl (C=O) groups is 2. The van der Waals surface area contributed by atoms with E-state index < -0.39 is 12.0 Å². The van der Waals surface area contributed by atoms with Crippen molar-refractivity contribution in [2.45, 2.75) is 32.2 Å². The second-order valence-electron chi connectivity index (χ2n) is 4.65. The van der Waals surface area contributed by atoms with E-state index in [1.807, 2.05) is 0 Å². The van der Waals surface area contributed by atoms with Crippen LogP contribution < -0.4 is 0 Å². The van der Waals surface area contributed by atoms with Gasteiger partial charge in [-0.3, -0.25) is 9.78 Å². The van der Waals surface area contributed by atoms with Crippen LogP contribution >= 0.6 is 11.6 Å². The zero-order valence-corrected chi connectivity index (χ0v) is 11.4. The molecule has 5 nitrogen and oxygen atoms in total. The highest BCUT2D eigenvalue weighted by Gasteiger charge is 2.33. The quantitative estimate of drug-likeness (QED) is 0.902. The van der Waals surface area contributed by atoms with E-state index in [0.29, 0.717) is 18.0 Å². The zero-order valence-electron chi connectivity index (χ0n) is 10.6. The molecule has 0 aromatic carbocycles. The van der Waals surface area contributed by atoms with E-state index in [1.165, 1.54) is 11.1 Å². The lowest BCUT2D eigenvalue weighted by atomic mass is 10.0. The van der Waals surface area contributed by atoms with Crippen molar-refractivity contribution < 1.29 is 14.7 Å². The van der Waals surface area contributed by atoms with Crippen LogP contribution in [0.1, 0.15) is 35.3 Å². The van der Waals surface area contributed by atoms with Gasteiger partial charge in [0.25, 0.3) is 5.91 Å². The van der Waals surface area contributed by atoms with Gasteiger partial charge in [-0.2, -0.15) is 0 Å². The predicted molar refractivity (Wildman–Crippen MR) is 70.3 cm³/mol. The minimum Gasteiger partial charge on any atom is -0.480 e. The Bertz CT molecular complexity index is 519. The van der Waals surface area contributed by atoms with Crippen LogP contribution in [0.4, 0.5) is 0 Å². The number of carbonyl (C=O) groups excluding carboxylic acids is 1. The Morgan fingerprint density at radius 3 is 2.84 bits per heavy atom. The van der Waals surface area contributed by atoms with Gasteiger partial charge in [0.2, 0.25) is 0 Å². The molecule has 0 aliphatic carbocycles. The lowest BCUT2D eigenvalue weighted by Gasteiger charge is -2.33. The van der Waals surface area contributed by atoms with Crippen molar-refractivity contribution in [3.05, 3.63) is 28.5 Å². The number of rotatable bonds is 2. The first-order valence-electron chi connectivity index (χ1n) is 6.16. The van der Waals surface area contributed by atoms with E-state index in [4.69, 9.17) is 11.6 Å². The normalized spacial score (nSPS) is 19.3. The summed E-state index contributed by atoms with van der Waals surface area (Å²) in [4.78, 5) is 29.0. The molecule has 1 aromatic heterocycles. The molecule has 1 atom stereocenters. The van der Waals surface area contributed by atoms with Crippen LogP contribution in [0.5, 0.6) is 0 Å². The van der Waals surface area contributed by atoms with E-state index in [9.17, 15) is 14.7 Å². The van der Waals surface area contributed by atoms with Crippen molar-refractivity contribution in [3.63, 3.8) is 0 Å². The monoisotopic (exact) mass is 282 g/mol. The Balaban J connectivity index is 2.28. The fourth-order valence-electron chi connectivity index (χ4n) is 2.27. The molecule has 102 valence electrons. The second-order valence-corrected chi connectivity index (χ2v) is 5.06. The predicted octanol–water partition coefficient (Wildman–Crippen LogP) is 2.12. The van der Waals surface area contributed by atoms with E-state index >= 15 is 0 Å². The number of nitrogens with zero attached hydrogens (tertiary/aromatic N) is 2. The molecule has 0 saturated carbocycles. The summed E-state index contributed by atoms with van der Waals surface area (Å²) in [5, 5.41) is 9.49. The summed E-state index contributed by atoms with van der Waals surface area (Å²) in [6.45, 7) is 2.22. The molecular formula is C13H15ClN2O3. The van der Waals surface area contributed by atoms with Crippen LogP contribution in [0.3, 0.4) is 0 Å². The number of halogens is 1. The minimum atomic E-state index is -0.968. The summed E-state index contributed by atoms with van der Waals surface area (Å²) in [5.41, 5.74) is 0.982. The van der Waals surface area contributed by atoms with Gasteiger partial charge in [-0.15, -0.1) is 0 Å².